The van der Waals surface area contributed by atoms with E-state index in [2.05, 4.69) is 41.6 Å². The summed E-state index contributed by atoms with van der Waals surface area (Å²) in [6.07, 6.45) is -4.88. The Labute approximate surface area is 104 Å². The van der Waals surface area contributed by atoms with Crippen molar-refractivity contribution in [2.24, 2.45) is 0 Å². The Bertz CT molecular complexity index is 412. The molecule has 0 aliphatic rings. The van der Waals surface area contributed by atoms with E-state index in [0.29, 0.717) is 0 Å². The van der Waals surface area contributed by atoms with Crippen molar-refractivity contribution in [1.29, 1.82) is 0 Å². The van der Waals surface area contributed by atoms with Crippen molar-refractivity contribution in [1.82, 2.24) is 4.98 Å². The molecule has 0 aromatic carbocycles. The van der Waals surface area contributed by atoms with Crippen LogP contribution in [0.3, 0.4) is 0 Å². The van der Waals surface area contributed by atoms with Crippen LogP contribution in [0.5, 0.6) is 5.75 Å². The fraction of sp³-hybridized carbons (Fsp3) is 0.143. The van der Waals surface area contributed by atoms with Crippen LogP contribution in [0, 0.1) is 0 Å². The molecule has 16 heavy (non-hydrogen) atoms. The second-order valence-corrected chi connectivity index (χ2v) is 4.07. The van der Waals surface area contributed by atoms with Crippen molar-refractivity contribution in [2.45, 2.75) is 6.36 Å². The highest BCUT2D eigenvalue weighted by atomic mass is 79.9. The minimum atomic E-state index is -4.88. The molecule has 0 saturated heterocycles. The lowest BCUT2D eigenvalue weighted by Crippen LogP contribution is -2.18. The van der Waals surface area contributed by atoms with E-state index < -0.39 is 23.8 Å². The van der Waals surface area contributed by atoms with Gasteiger partial charge in [-0.1, -0.05) is 0 Å². The van der Waals surface area contributed by atoms with Crippen molar-refractivity contribution in [3.63, 3.8) is 0 Å². The third-order valence-electron chi connectivity index (χ3n) is 1.32. The first-order valence-corrected chi connectivity index (χ1v) is 5.14. The summed E-state index contributed by atoms with van der Waals surface area (Å²) in [5.41, 5.74) is -0.409. The molecule has 1 heterocycles. The van der Waals surface area contributed by atoms with E-state index in [9.17, 15) is 18.0 Å². The Morgan fingerprint density at radius 1 is 1.44 bits per heavy atom. The maximum atomic E-state index is 12.0. The molecule has 1 N–H and O–H groups in total. The first-order chi connectivity index (χ1) is 7.20. The molecule has 4 nitrogen and oxygen atoms in total. The summed E-state index contributed by atoms with van der Waals surface area (Å²) < 4.78 is 39.0. The lowest BCUT2D eigenvalue weighted by molar-refractivity contribution is -0.275. The fourth-order valence-electron chi connectivity index (χ4n) is 0.789. The Hall–Kier alpha value is -0.830. The fourth-order valence-corrected chi connectivity index (χ4v) is 2.03. The van der Waals surface area contributed by atoms with Crippen LogP contribution in [-0.4, -0.2) is 22.4 Å². The summed E-state index contributed by atoms with van der Waals surface area (Å²) in [6.45, 7) is 0. The van der Waals surface area contributed by atoms with E-state index >= 15 is 0 Å². The number of aromatic carboxylic acids is 1. The molecular formula is C7H2Br2F3NO3. The predicted octanol–water partition coefficient (Wildman–Crippen LogP) is 3.20. The van der Waals surface area contributed by atoms with Crippen LogP contribution in [-0.2, 0) is 0 Å². The van der Waals surface area contributed by atoms with Gasteiger partial charge in [0.1, 0.15) is 0 Å². The van der Waals surface area contributed by atoms with Crippen LogP contribution in [0.1, 0.15) is 10.5 Å². The number of ether oxygens (including phenoxy) is 1. The van der Waals surface area contributed by atoms with Crippen LogP contribution < -0.4 is 4.74 Å². The second kappa shape index (κ2) is 4.58. The van der Waals surface area contributed by atoms with Gasteiger partial charge < -0.3 is 9.84 Å². The van der Waals surface area contributed by atoms with Crippen LogP contribution in [0.2, 0.25) is 0 Å². The van der Waals surface area contributed by atoms with Crippen molar-refractivity contribution in [2.75, 3.05) is 0 Å². The van der Waals surface area contributed by atoms with Crippen LogP contribution >= 0.6 is 31.9 Å². The molecule has 0 fully saturated rings. The average molecular weight is 365 g/mol. The molecule has 0 radical (unpaired) electrons. The lowest BCUT2D eigenvalue weighted by atomic mass is 10.3. The van der Waals surface area contributed by atoms with Crippen LogP contribution in [0.25, 0.3) is 0 Å². The Kier molecular flexibility index (Phi) is 3.79. The average Bonchev–Trinajstić information content (AvgIpc) is 2.09. The lowest BCUT2D eigenvalue weighted by Gasteiger charge is -2.11. The number of halogens is 5. The Morgan fingerprint density at radius 2 is 2.00 bits per heavy atom. The van der Waals surface area contributed by atoms with E-state index in [4.69, 9.17) is 5.11 Å². The van der Waals surface area contributed by atoms with Gasteiger partial charge in [0.15, 0.2) is 16.0 Å². The minimum absolute atomic E-state index is 0.163. The minimum Gasteiger partial charge on any atom is -0.477 e. The SMILES string of the molecule is O=C(O)c1cc(Br)c(OC(F)(F)F)c(Br)n1. The van der Waals surface area contributed by atoms with Gasteiger partial charge in [-0.05, 0) is 37.9 Å². The highest BCUT2D eigenvalue weighted by Gasteiger charge is 2.33. The van der Waals surface area contributed by atoms with Gasteiger partial charge in [-0.2, -0.15) is 0 Å². The third-order valence-corrected chi connectivity index (χ3v) is 2.45. The van der Waals surface area contributed by atoms with Gasteiger partial charge >= 0.3 is 12.3 Å². The van der Waals surface area contributed by atoms with E-state index in [1.807, 2.05) is 0 Å². The summed E-state index contributed by atoms with van der Waals surface area (Å²) in [4.78, 5) is 13.9. The number of pyridine rings is 1. The maximum Gasteiger partial charge on any atom is 0.573 e. The largest absolute Gasteiger partial charge is 0.573 e. The molecule has 0 amide bonds. The summed E-state index contributed by atoms with van der Waals surface area (Å²) in [5.74, 6) is -1.99. The monoisotopic (exact) mass is 363 g/mol. The zero-order chi connectivity index (χ0) is 12.5. The molecule has 0 aliphatic heterocycles. The van der Waals surface area contributed by atoms with Gasteiger partial charge in [0, 0.05) is 0 Å². The molecule has 0 aliphatic carbocycles. The van der Waals surface area contributed by atoms with Crippen molar-refractivity contribution in [3.8, 4) is 5.75 Å². The van der Waals surface area contributed by atoms with Gasteiger partial charge in [0.05, 0.1) is 4.47 Å². The number of alkyl halides is 3. The van der Waals surface area contributed by atoms with Gasteiger partial charge in [-0.15, -0.1) is 13.2 Å². The molecule has 0 bridgehead atoms. The summed E-state index contributed by atoms with van der Waals surface area (Å²) >= 11 is 5.45. The van der Waals surface area contributed by atoms with E-state index in [1.54, 1.807) is 0 Å². The highest BCUT2D eigenvalue weighted by Crippen LogP contribution is 2.36. The van der Waals surface area contributed by atoms with Gasteiger partial charge in [0.2, 0.25) is 0 Å². The quantitative estimate of drug-likeness (QED) is 0.818. The summed E-state index contributed by atoms with van der Waals surface area (Å²) in [5, 5.41) is 8.59. The van der Waals surface area contributed by atoms with Gasteiger partial charge in [0.25, 0.3) is 0 Å². The molecule has 1 aromatic rings. The van der Waals surface area contributed by atoms with Crippen molar-refractivity contribution >= 4 is 37.8 Å². The second-order valence-electron chi connectivity index (χ2n) is 2.46. The summed E-state index contributed by atoms with van der Waals surface area (Å²) in [6, 6.07) is 0.911. The first kappa shape index (κ1) is 13.2. The molecular weight excluding hydrogens is 363 g/mol. The number of carboxylic acids is 1. The standard InChI is InChI=1S/C7H2Br2F3NO3/c8-2-1-3(6(14)15)13-5(9)4(2)16-7(10,11)12/h1H,(H,14,15). The molecule has 0 saturated carbocycles. The Balaban J connectivity index is 3.18. The molecule has 1 rings (SSSR count). The van der Waals surface area contributed by atoms with E-state index in [0.717, 1.165) is 6.07 Å². The summed E-state index contributed by atoms with van der Waals surface area (Å²) in [7, 11) is 0. The Morgan fingerprint density at radius 3 is 2.38 bits per heavy atom. The maximum absolute atomic E-state index is 12.0. The predicted molar refractivity (Wildman–Crippen MR) is 53.3 cm³/mol. The number of rotatable bonds is 2. The molecule has 88 valence electrons. The normalized spacial score (nSPS) is 11.3. The van der Waals surface area contributed by atoms with E-state index in [1.165, 1.54) is 0 Å². The topological polar surface area (TPSA) is 59.4 Å². The third kappa shape index (κ3) is 3.34. The number of hydrogen-bond donors (Lipinski definition) is 1. The smallest absolute Gasteiger partial charge is 0.477 e. The zero-order valence-electron chi connectivity index (χ0n) is 7.18. The van der Waals surface area contributed by atoms with Gasteiger partial charge in [-0.25, -0.2) is 9.78 Å². The van der Waals surface area contributed by atoms with E-state index in [-0.39, 0.29) is 9.08 Å². The molecule has 1 aromatic heterocycles. The zero-order valence-corrected chi connectivity index (χ0v) is 10.4. The number of aromatic nitrogens is 1. The number of nitrogens with zero attached hydrogens (tertiary/aromatic N) is 1. The van der Waals surface area contributed by atoms with Crippen molar-refractivity contribution < 1.29 is 27.8 Å². The molecule has 0 atom stereocenters. The number of carboxylic acid groups (broad SMARTS) is 1. The van der Waals surface area contributed by atoms with Crippen molar-refractivity contribution in [3.05, 3.63) is 20.8 Å². The molecule has 0 unspecified atom stereocenters. The first-order valence-electron chi connectivity index (χ1n) is 3.56. The number of hydrogen-bond acceptors (Lipinski definition) is 3. The molecule has 0 spiro atoms. The highest BCUT2D eigenvalue weighted by molar-refractivity contribution is 9.11. The van der Waals surface area contributed by atoms with Gasteiger partial charge in [-0.3, -0.25) is 0 Å². The number of carbonyl (C=O) groups is 1. The molecule has 9 heteroatoms. The van der Waals surface area contributed by atoms with Crippen LogP contribution in [0.15, 0.2) is 15.1 Å². The van der Waals surface area contributed by atoms with Crippen LogP contribution in [0.4, 0.5) is 13.2 Å².